The molecular weight excluding hydrogens is 244 g/mol. The molecule has 0 aliphatic carbocycles. The zero-order valence-electron chi connectivity index (χ0n) is 10.5. The van der Waals surface area contributed by atoms with E-state index in [2.05, 4.69) is 0 Å². The summed E-state index contributed by atoms with van der Waals surface area (Å²) in [6.07, 6.45) is 1.40. The predicted octanol–water partition coefficient (Wildman–Crippen LogP) is 0.269. The van der Waals surface area contributed by atoms with Crippen molar-refractivity contribution in [2.24, 2.45) is 19.8 Å². The minimum absolute atomic E-state index is 0.125. The Balaban J connectivity index is 2.67. The molecule has 0 saturated heterocycles. The minimum Gasteiger partial charge on any atom is -0.365 e. The van der Waals surface area contributed by atoms with Gasteiger partial charge in [-0.05, 0) is 23.8 Å². The second-order valence-electron chi connectivity index (χ2n) is 4.18. The molecule has 1 heterocycles. The molecule has 6 heteroatoms. The highest BCUT2D eigenvalue weighted by molar-refractivity contribution is 6.00. The van der Waals surface area contributed by atoms with Gasteiger partial charge in [-0.25, -0.2) is 4.79 Å². The number of nitrogens with two attached hydrogens (primary N) is 1. The largest absolute Gasteiger partial charge is 0.365 e. The number of carbonyl (C=O) groups excluding carboxylic acids is 1. The van der Waals surface area contributed by atoms with Crippen molar-refractivity contribution < 1.29 is 4.79 Å². The molecule has 2 aromatic rings. The van der Waals surface area contributed by atoms with E-state index in [1.165, 1.54) is 15.2 Å². The molecule has 19 heavy (non-hydrogen) atoms. The Morgan fingerprint density at radius 2 is 1.95 bits per heavy atom. The molecule has 1 aromatic carbocycles. The number of hydrogen-bond donors (Lipinski definition) is 1. The number of nitrogens with zero attached hydrogens (tertiary/aromatic N) is 3. The molecule has 2 rings (SSSR count). The van der Waals surface area contributed by atoms with Crippen LogP contribution in [0.3, 0.4) is 0 Å². The average Bonchev–Trinajstić information content (AvgIpc) is 2.61. The van der Waals surface area contributed by atoms with Gasteiger partial charge in [-0.3, -0.25) is 13.9 Å². The summed E-state index contributed by atoms with van der Waals surface area (Å²) in [7, 11) is 3.35. The zero-order chi connectivity index (χ0) is 14.2. The topological polar surface area (TPSA) is 93.8 Å². The van der Waals surface area contributed by atoms with E-state index in [4.69, 9.17) is 11.0 Å². The fourth-order valence-electron chi connectivity index (χ4n) is 1.94. The molecular formula is C13H12N4O2. The van der Waals surface area contributed by atoms with E-state index in [9.17, 15) is 9.59 Å². The maximum Gasteiger partial charge on any atom is 0.328 e. The average molecular weight is 256 g/mol. The fraction of sp³-hybridized carbons (Fsp3) is 0.154. The number of benzene rings is 1. The van der Waals surface area contributed by atoms with Crippen molar-refractivity contribution in [3.8, 4) is 6.07 Å². The lowest BCUT2D eigenvalue weighted by molar-refractivity contribution is -0.114. The van der Waals surface area contributed by atoms with Crippen LogP contribution in [0.2, 0.25) is 0 Å². The molecule has 0 unspecified atom stereocenters. The van der Waals surface area contributed by atoms with Gasteiger partial charge in [-0.1, -0.05) is 6.07 Å². The van der Waals surface area contributed by atoms with E-state index in [0.717, 1.165) is 11.0 Å². The third kappa shape index (κ3) is 2.02. The molecule has 1 amide bonds. The van der Waals surface area contributed by atoms with Crippen LogP contribution in [-0.2, 0) is 18.9 Å². The molecule has 2 N–H and O–H groups in total. The minimum atomic E-state index is -0.774. The number of primary amides is 1. The van der Waals surface area contributed by atoms with Crippen molar-refractivity contribution in [1.29, 1.82) is 5.26 Å². The summed E-state index contributed by atoms with van der Waals surface area (Å²) >= 11 is 0. The van der Waals surface area contributed by atoms with Crippen molar-refractivity contribution in [3.05, 3.63) is 39.8 Å². The van der Waals surface area contributed by atoms with E-state index in [1.54, 1.807) is 38.4 Å². The van der Waals surface area contributed by atoms with Crippen LogP contribution in [0.4, 0.5) is 0 Å². The second kappa shape index (κ2) is 4.46. The van der Waals surface area contributed by atoms with Crippen molar-refractivity contribution >= 4 is 23.0 Å². The lowest BCUT2D eigenvalue weighted by Crippen LogP contribution is -2.19. The van der Waals surface area contributed by atoms with E-state index in [0.29, 0.717) is 5.56 Å². The molecule has 96 valence electrons. The van der Waals surface area contributed by atoms with Crippen LogP contribution in [0.15, 0.2) is 28.6 Å². The Morgan fingerprint density at radius 3 is 2.53 bits per heavy atom. The maximum absolute atomic E-state index is 11.8. The van der Waals surface area contributed by atoms with Crippen LogP contribution in [0.5, 0.6) is 0 Å². The second-order valence-corrected chi connectivity index (χ2v) is 4.18. The highest BCUT2D eigenvalue weighted by atomic mass is 16.2. The molecule has 0 atom stereocenters. The van der Waals surface area contributed by atoms with Gasteiger partial charge in [0.15, 0.2) is 0 Å². The molecule has 1 aromatic heterocycles. The number of carbonyl (C=O) groups is 1. The molecule has 0 aliphatic heterocycles. The third-order valence-electron chi connectivity index (χ3n) is 2.99. The van der Waals surface area contributed by atoms with Crippen LogP contribution >= 0.6 is 0 Å². The first-order valence-corrected chi connectivity index (χ1v) is 5.52. The van der Waals surface area contributed by atoms with E-state index >= 15 is 0 Å². The lowest BCUT2D eigenvalue weighted by Gasteiger charge is -1.98. The first-order chi connectivity index (χ1) is 8.95. The number of nitriles is 1. The van der Waals surface area contributed by atoms with Gasteiger partial charge in [0.25, 0.3) is 5.91 Å². The standard InChI is InChI=1S/C13H12N4O2/c1-16-10-4-3-8(5-9(7-14)12(15)18)6-11(10)17(2)13(16)19/h3-6H,1-2H3,(H2,15,18)/b9-5-. The maximum atomic E-state index is 11.8. The molecule has 0 saturated carbocycles. The summed E-state index contributed by atoms with van der Waals surface area (Å²) in [5.41, 5.74) is 6.97. The van der Waals surface area contributed by atoms with E-state index < -0.39 is 5.91 Å². The predicted molar refractivity (Wildman–Crippen MR) is 70.9 cm³/mol. The van der Waals surface area contributed by atoms with Crippen LogP contribution in [-0.4, -0.2) is 15.0 Å². The van der Waals surface area contributed by atoms with Gasteiger partial charge in [0.1, 0.15) is 11.6 Å². The number of aromatic nitrogens is 2. The molecule has 0 spiro atoms. The Morgan fingerprint density at radius 1 is 1.32 bits per heavy atom. The number of rotatable bonds is 2. The summed E-state index contributed by atoms with van der Waals surface area (Å²) in [6.45, 7) is 0. The molecule has 0 radical (unpaired) electrons. The van der Waals surface area contributed by atoms with Gasteiger partial charge < -0.3 is 5.73 Å². The highest BCUT2D eigenvalue weighted by Crippen LogP contribution is 2.16. The molecule has 0 aliphatic rings. The summed E-state index contributed by atoms with van der Waals surface area (Å²) in [5.74, 6) is -0.774. The van der Waals surface area contributed by atoms with Gasteiger partial charge in [-0.15, -0.1) is 0 Å². The van der Waals surface area contributed by atoms with Gasteiger partial charge >= 0.3 is 5.69 Å². The molecule has 6 nitrogen and oxygen atoms in total. The highest BCUT2D eigenvalue weighted by Gasteiger charge is 2.08. The summed E-state index contributed by atoms with van der Waals surface area (Å²) in [4.78, 5) is 22.8. The van der Waals surface area contributed by atoms with Gasteiger partial charge in [0.05, 0.1) is 11.0 Å². The van der Waals surface area contributed by atoms with Crippen LogP contribution < -0.4 is 11.4 Å². The quantitative estimate of drug-likeness (QED) is 0.617. The van der Waals surface area contributed by atoms with Crippen LogP contribution in [0.25, 0.3) is 17.1 Å². The van der Waals surface area contributed by atoms with Crippen LogP contribution in [0.1, 0.15) is 5.56 Å². The van der Waals surface area contributed by atoms with Crippen LogP contribution in [0, 0.1) is 11.3 Å². The van der Waals surface area contributed by atoms with E-state index in [-0.39, 0.29) is 11.3 Å². The summed E-state index contributed by atoms with van der Waals surface area (Å²) in [5, 5.41) is 8.80. The Kier molecular flexibility index (Phi) is 2.97. The van der Waals surface area contributed by atoms with Crippen molar-refractivity contribution in [2.75, 3.05) is 0 Å². The zero-order valence-corrected chi connectivity index (χ0v) is 10.5. The number of aryl methyl sites for hydroxylation is 2. The SMILES string of the molecule is Cn1c(=O)n(C)c2cc(/C=C(/C#N)C(N)=O)ccc21. The molecule has 0 fully saturated rings. The van der Waals surface area contributed by atoms with Gasteiger partial charge in [0, 0.05) is 14.1 Å². The van der Waals surface area contributed by atoms with Crippen molar-refractivity contribution in [2.45, 2.75) is 0 Å². The first kappa shape index (κ1) is 12.6. The number of amides is 1. The summed E-state index contributed by atoms with van der Waals surface area (Å²) in [6, 6.07) is 6.96. The third-order valence-corrected chi connectivity index (χ3v) is 2.99. The molecule has 0 bridgehead atoms. The van der Waals surface area contributed by atoms with Crippen molar-refractivity contribution in [1.82, 2.24) is 9.13 Å². The Labute approximate surface area is 109 Å². The van der Waals surface area contributed by atoms with E-state index in [1.807, 2.05) is 0 Å². The van der Waals surface area contributed by atoms with Crippen molar-refractivity contribution in [3.63, 3.8) is 0 Å². The Hall–Kier alpha value is -2.81. The first-order valence-electron chi connectivity index (χ1n) is 5.52. The number of hydrogen-bond acceptors (Lipinski definition) is 3. The monoisotopic (exact) mass is 256 g/mol. The number of fused-ring (bicyclic) bond motifs is 1. The normalized spacial score (nSPS) is 11.5. The fourth-order valence-corrected chi connectivity index (χ4v) is 1.94. The lowest BCUT2D eigenvalue weighted by atomic mass is 10.1. The van der Waals surface area contributed by atoms with Gasteiger partial charge in [-0.2, -0.15) is 5.26 Å². The smallest absolute Gasteiger partial charge is 0.328 e. The Bertz CT molecular complexity index is 802. The van der Waals surface area contributed by atoms with Gasteiger partial charge in [0.2, 0.25) is 0 Å². The number of imidazole rings is 1. The summed E-state index contributed by atoms with van der Waals surface area (Å²) < 4.78 is 3.03.